The molecule has 5 nitrogen and oxygen atoms in total. The number of amides is 1. The Hall–Kier alpha value is -2.77. The zero-order valence-corrected chi connectivity index (χ0v) is 17.2. The molecule has 7 heteroatoms. The van der Waals surface area contributed by atoms with Crippen LogP contribution < -0.4 is 11.1 Å². The zero-order valence-electron chi connectivity index (χ0n) is 16.4. The highest BCUT2D eigenvalue weighted by Crippen LogP contribution is 2.32. The molecule has 0 bridgehead atoms. The molecule has 0 aliphatic heterocycles. The Balaban J connectivity index is 1.62. The predicted octanol–water partition coefficient (Wildman–Crippen LogP) is 4.58. The Morgan fingerprint density at radius 1 is 1.10 bits per heavy atom. The average molecular weight is 426 g/mol. The molecule has 1 heterocycles. The number of anilines is 1. The van der Waals surface area contributed by atoms with Gasteiger partial charge in [0, 0.05) is 28.5 Å². The molecule has 4 N–H and O–H groups in total. The minimum Gasteiger partial charge on any atom is -0.393 e. The van der Waals surface area contributed by atoms with Gasteiger partial charge < -0.3 is 20.7 Å². The second-order valence-electron chi connectivity index (χ2n) is 7.52. The molecular weight excluding hydrogens is 401 g/mol. The highest BCUT2D eigenvalue weighted by Gasteiger charge is 2.21. The summed E-state index contributed by atoms with van der Waals surface area (Å²) in [6.07, 6.45) is 4.86. The number of primary amides is 1. The van der Waals surface area contributed by atoms with Crippen molar-refractivity contribution in [3.63, 3.8) is 0 Å². The average Bonchev–Trinajstić information content (AvgIpc) is 3.17. The highest BCUT2D eigenvalue weighted by atomic mass is 32.2. The van der Waals surface area contributed by atoms with Crippen molar-refractivity contribution >= 4 is 23.4 Å². The van der Waals surface area contributed by atoms with Gasteiger partial charge in [0.2, 0.25) is 0 Å². The van der Waals surface area contributed by atoms with E-state index >= 15 is 0 Å². The molecule has 4 rings (SSSR count). The Labute approximate surface area is 179 Å². The number of nitrogens with one attached hydrogen (secondary N) is 1. The number of carbonyl (C=O) groups excluding carboxylic acids is 1. The van der Waals surface area contributed by atoms with Crippen molar-refractivity contribution in [3.05, 3.63) is 72.2 Å². The van der Waals surface area contributed by atoms with Crippen LogP contribution in [0.5, 0.6) is 0 Å². The fourth-order valence-electron chi connectivity index (χ4n) is 3.77. The van der Waals surface area contributed by atoms with Gasteiger partial charge in [0.05, 0.1) is 16.7 Å². The summed E-state index contributed by atoms with van der Waals surface area (Å²) < 4.78 is 15.5. The standard InChI is InChI=1S/C23H24FN3O2S/c24-15-3-1-4-19(13-15)30-22-5-2-12-27(22)17-8-11-20(23(25)29)21(14-17)26-16-6-9-18(28)10-7-16/h1-5,8,11-14,16,18,26,28H,6-7,9-10H2,(H2,25,29)/t16-,18-. The fourth-order valence-corrected chi connectivity index (χ4v) is 4.74. The van der Waals surface area contributed by atoms with Gasteiger partial charge in [-0.2, -0.15) is 0 Å². The first-order valence-corrected chi connectivity index (χ1v) is 10.8. The van der Waals surface area contributed by atoms with Gasteiger partial charge >= 0.3 is 0 Å². The number of nitrogens with two attached hydrogens (primary N) is 1. The molecule has 1 aliphatic carbocycles. The number of aliphatic hydroxyl groups is 1. The van der Waals surface area contributed by atoms with E-state index in [0.717, 1.165) is 41.3 Å². The summed E-state index contributed by atoms with van der Waals surface area (Å²) in [5.41, 5.74) is 7.60. The van der Waals surface area contributed by atoms with Gasteiger partial charge in [-0.15, -0.1) is 0 Å². The largest absolute Gasteiger partial charge is 0.393 e. The van der Waals surface area contributed by atoms with Gasteiger partial charge in [0.25, 0.3) is 5.91 Å². The number of aromatic nitrogens is 1. The Bertz CT molecular complexity index is 1040. The Morgan fingerprint density at radius 2 is 1.90 bits per heavy atom. The molecule has 30 heavy (non-hydrogen) atoms. The van der Waals surface area contributed by atoms with E-state index < -0.39 is 5.91 Å². The smallest absolute Gasteiger partial charge is 0.250 e. The van der Waals surface area contributed by atoms with Crippen LogP contribution in [0.25, 0.3) is 5.69 Å². The molecule has 0 saturated heterocycles. The second kappa shape index (κ2) is 8.93. The van der Waals surface area contributed by atoms with Gasteiger partial charge in [0.1, 0.15) is 5.82 Å². The molecule has 0 atom stereocenters. The number of aliphatic hydroxyl groups excluding tert-OH is 1. The molecule has 2 aromatic carbocycles. The fraction of sp³-hybridized carbons (Fsp3) is 0.261. The maximum atomic E-state index is 13.6. The maximum absolute atomic E-state index is 13.6. The van der Waals surface area contributed by atoms with Crippen molar-refractivity contribution in [2.75, 3.05) is 5.32 Å². The van der Waals surface area contributed by atoms with Crippen LogP contribution in [-0.4, -0.2) is 27.7 Å². The van der Waals surface area contributed by atoms with E-state index in [1.807, 2.05) is 41.1 Å². The van der Waals surface area contributed by atoms with Gasteiger partial charge in [0.15, 0.2) is 0 Å². The van der Waals surface area contributed by atoms with Crippen LogP contribution in [0.2, 0.25) is 0 Å². The topological polar surface area (TPSA) is 80.3 Å². The molecule has 1 saturated carbocycles. The van der Waals surface area contributed by atoms with Gasteiger partial charge in [-0.05, 0) is 74.2 Å². The van der Waals surface area contributed by atoms with Gasteiger partial charge in [-0.1, -0.05) is 17.8 Å². The quantitative estimate of drug-likeness (QED) is 0.540. The second-order valence-corrected chi connectivity index (χ2v) is 8.61. The number of hydrogen-bond donors (Lipinski definition) is 3. The van der Waals surface area contributed by atoms with E-state index in [9.17, 15) is 14.3 Å². The minimum absolute atomic E-state index is 0.188. The summed E-state index contributed by atoms with van der Waals surface area (Å²) in [7, 11) is 0. The number of hydrogen-bond acceptors (Lipinski definition) is 4. The number of benzene rings is 2. The Kier molecular flexibility index (Phi) is 6.11. The number of carbonyl (C=O) groups is 1. The van der Waals surface area contributed by atoms with E-state index in [-0.39, 0.29) is 18.0 Å². The summed E-state index contributed by atoms with van der Waals surface area (Å²) in [4.78, 5) is 12.8. The third kappa shape index (κ3) is 4.68. The zero-order chi connectivity index (χ0) is 21.1. The van der Waals surface area contributed by atoms with Crippen LogP contribution in [0.1, 0.15) is 36.0 Å². The molecule has 1 amide bonds. The van der Waals surface area contributed by atoms with E-state index in [0.29, 0.717) is 11.3 Å². The lowest BCUT2D eigenvalue weighted by atomic mass is 9.92. The van der Waals surface area contributed by atoms with E-state index in [1.54, 1.807) is 12.1 Å². The van der Waals surface area contributed by atoms with Crippen molar-refractivity contribution in [3.8, 4) is 5.69 Å². The summed E-state index contributed by atoms with van der Waals surface area (Å²) >= 11 is 1.47. The van der Waals surface area contributed by atoms with Crippen molar-refractivity contribution < 1.29 is 14.3 Å². The van der Waals surface area contributed by atoms with Crippen LogP contribution in [0.3, 0.4) is 0 Å². The summed E-state index contributed by atoms with van der Waals surface area (Å²) in [6.45, 7) is 0. The lowest BCUT2D eigenvalue weighted by Crippen LogP contribution is -2.29. The van der Waals surface area contributed by atoms with Crippen LogP contribution in [0.4, 0.5) is 10.1 Å². The van der Waals surface area contributed by atoms with E-state index in [4.69, 9.17) is 5.73 Å². The first kappa shape index (κ1) is 20.5. The normalized spacial score (nSPS) is 18.9. The predicted molar refractivity (Wildman–Crippen MR) is 117 cm³/mol. The van der Waals surface area contributed by atoms with Crippen LogP contribution >= 0.6 is 11.8 Å². The molecule has 156 valence electrons. The minimum atomic E-state index is -0.484. The maximum Gasteiger partial charge on any atom is 0.250 e. The first-order valence-electron chi connectivity index (χ1n) is 9.99. The third-order valence-electron chi connectivity index (χ3n) is 5.33. The van der Waals surface area contributed by atoms with Gasteiger partial charge in [-0.3, -0.25) is 4.79 Å². The first-order chi connectivity index (χ1) is 14.5. The van der Waals surface area contributed by atoms with Crippen molar-refractivity contribution in [2.45, 2.75) is 47.8 Å². The molecule has 3 aromatic rings. The van der Waals surface area contributed by atoms with Crippen molar-refractivity contribution in [1.82, 2.24) is 4.57 Å². The number of rotatable bonds is 6. The summed E-state index contributed by atoms with van der Waals surface area (Å²) in [5, 5.41) is 14.1. The number of halogens is 1. The van der Waals surface area contributed by atoms with E-state index in [1.165, 1.54) is 23.9 Å². The van der Waals surface area contributed by atoms with Crippen molar-refractivity contribution in [1.29, 1.82) is 0 Å². The Morgan fingerprint density at radius 3 is 2.63 bits per heavy atom. The van der Waals surface area contributed by atoms with Crippen LogP contribution in [-0.2, 0) is 0 Å². The molecule has 1 aliphatic rings. The highest BCUT2D eigenvalue weighted by molar-refractivity contribution is 7.99. The monoisotopic (exact) mass is 425 g/mol. The molecule has 0 unspecified atom stereocenters. The summed E-state index contributed by atoms with van der Waals surface area (Å²) in [6, 6.07) is 16.1. The molecule has 1 aromatic heterocycles. The van der Waals surface area contributed by atoms with Crippen LogP contribution in [0.15, 0.2) is 70.7 Å². The SMILES string of the molecule is NC(=O)c1ccc(-n2cccc2Sc2cccc(F)c2)cc1N[C@H]1CC[C@H](O)CC1. The summed E-state index contributed by atoms with van der Waals surface area (Å²) in [5.74, 6) is -0.755. The number of nitrogens with zero attached hydrogens (tertiary/aromatic N) is 1. The lowest BCUT2D eigenvalue weighted by molar-refractivity contribution is 0.100. The van der Waals surface area contributed by atoms with E-state index in [2.05, 4.69) is 5.32 Å². The third-order valence-corrected chi connectivity index (χ3v) is 6.36. The van der Waals surface area contributed by atoms with Crippen molar-refractivity contribution in [2.24, 2.45) is 5.73 Å². The lowest BCUT2D eigenvalue weighted by Gasteiger charge is -2.28. The van der Waals surface area contributed by atoms with Gasteiger partial charge in [-0.25, -0.2) is 4.39 Å². The molecular formula is C23H24FN3O2S. The van der Waals surface area contributed by atoms with Crippen LogP contribution in [0, 0.1) is 5.82 Å². The molecule has 0 spiro atoms. The molecule has 0 radical (unpaired) electrons. The molecule has 1 fully saturated rings.